The molecule has 26 heavy (non-hydrogen) atoms. The molecule has 3 aromatic rings. The zero-order valence-corrected chi connectivity index (χ0v) is 15.3. The summed E-state index contributed by atoms with van der Waals surface area (Å²) in [6.45, 7) is 1.59. The summed E-state index contributed by atoms with van der Waals surface area (Å²) in [4.78, 5) is 15.8. The van der Waals surface area contributed by atoms with Crippen molar-refractivity contribution in [3.05, 3.63) is 70.7 Å². The van der Waals surface area contributed by atoms with E-state index in [1.807, 2.05) is 22.4 Å². The summed E-state index contributed by atoms with van der Waals surface area (Å²) in [6, 6.07) is 16.8. The number of amides is 1. The summed E-state index contributed by atoms with van der Waals surface area (Å²) >= 11 is 1.66. The number of para-hydroxylation sites is 2. The average molecular weight is 363 g/mol. The fourth-order valence-corrected chi connectivity index (χ4v) is 4.98. The van der Waals surface area contributed by atoms with Gasteiger partial charge in [0, 0.05) is 29.9 Å². The van der Waals surface area contributed by atoms with Crippen LogP contribution in [0.15, 0.2) is 60.1 Å². The maximum atomic E-state index is 12.6. The second-order valence-corrected chi connectivity index (χ2v) is 8.16. The van der Waals surface area contributed by atoms with Crippen molar-refractivity contribution in [3.8, 4) is 5.69 Å². The smallest absolute Gasteiger partial charge is 0.227 e. The number of fused-ring (bicyclic) bond motifs is 4. The molecule has 132 valence electrons. The second-order valence-electron chi connectivity index (χ2n) is 7.12. The largest absolute Gasteiger partial charge is 0.372 e. The van der Waals surface area contributed by atoms with Crippen LogP contribution >= 0.6 is 11.3 Å². The van der Waals surface area contributed by atoms with Gasteiger partial charge in [-0.25, -0.2) is 0 Å². The van der Waals surface area contributed by atoms with Crippen molar-refractivity contribution in [2.75, 3.05) is 18.4 Å². The Hall–Kier alpha value is -2.53. The van der Waals surface area contributed by atoms with Crippen LogP contribution in [0, 0.1) is 0 Å². The number of likely N-dealkylation sites (tertiary alicyclic amines) is 1. The highest BCUT2D eigenvalue weighted by atomic mass is 32.1. The first-order valence-corrected chi connectivity index (χ1v) is 9.99. The predicted octanol–water partition coefficient (Wildman–Crippen LogP) is 4.02. The molecule has 1 fully saturated rings. The second kappa shape index (κ2) is 6.02. The van der Waals surface area contributed by atoms with E-state index in [0.717, 1.165) is 30.8 Å². The van der Waals surface area contributed by atoms with Gasteiger partial charge in [-0.3, -0.25) is 4.79 Å². The zero-order chi connectivity index (χ0) is 17.6. The normalized spacial score (nSPS) is 17.5. The molecule has 0 saturated carbocycles. The Balaban J connectivity index is 1.37. The van der Waals surface area contributed by atoms with Crippen LogP contribution in [0.2, 0.25) is 0 Å². The van der Waals surface area contributed by atoms with Crippen LogP contribution in [-0.2, 0) is 16.8 Å². The highest BCUT2D eigenvalue weighted by Crippen LogP contribution is 2.43. The Kier molecular flexibility index (Phi) is 3.64. The lowest BCUT2D eigenvalue weighted by atomic mass is 9.82. The molecular formula is C21H21N3OS. The number of piperidine rings is 1. The SMILES string of the molecule is O=C(Cc1cccs1)N1CCC2(CC1)Nc1ccccc1-n1cccc12. The van der Waals surface area contributed by atoms with Gasteiger partial charge in [0.2, 0.25) is 5.91 Å². The van der Waals surface area contributed by atoms with Gasteiger partial charge in [0.15, 0.2) is 0 Å². The number of hydrogen-bond acceptors (Lipinski definition) is 3. The van der Waals surface area contributed by atoms with Crippen LogP contribution in [0.3, 0.4) is 0 Å². The summed E-state index contributed by atoms with van der Waals surface area (Å²) in [6.07, 6.45) is 4.53. The minimum atomic E-state index is -0.0857. The van der Waals surface area contributed by atoms with Gasteiger partial charge in [-0.05, 0) is 48.6 Å². The number of benzene rings is 1. The van der Waals surface area contributed by atoms with Crippen LogP contribution in [0.25, 0.3) is 5.69 Å². The van der Waals surface area contributed by atoms with Crippen molar-refractivity contribution >= 4 is 22.9 Å². The van der Waals surface area contributed by atoms with Crippen LogP contribution < -0.4 is 5.32 Å². The maximum Gasteiger partial charge on any atom is 0.227 e. The van der Waals surface area contributed by atoms with E-state index in [-0.39, 0.29) is 11.4 Å². The third kappa shape index (κ3) is 2.46. The standard InChI is InChI=1S/C21H21N3OS/c25-20(15-16-5-4-14-26-16)23-12-9-21(10-13-23)19-8-3-11-24(19)18-7-2-1-6-17(18)22-21/h1-8,11,14,22H,9-10,12-13,15H2. The highest BCUT2D eigenvalue weighted by molar-refractivity contribution is 7.10. The molecule has 1 amide bonds. The van der Waals surface area contributed by atoms with Gasteiger partial charge in [0.05, 0.1) is 23.3 Å². The number of hydrogen-bond donors (Lipinski definition) is 1. The molecule has 0 radical (unpaired) electrons. The Bertz CT molecular complexity index is 936. The maximum absolute atomic E-state index is 12.6. The number of anilines is 1. The van der Waals surface area contributed by atoms with E-state index in [0.29, 0.717) is 6.42 Å². The molecule has 0 bridgehead atoms. The van der Waals surface area contributed by atoms with E-state index in [1.54, 1.807) is 11.3 Å². The summed E-state index contributed by atoms with van der Waals surface area (Å²) in [7, 11) is 0. The summed E-state index contributed by atoms with van der Waals surface area (Å²) in [5, 5.41) is 5.84. The predicted molar refractivity (Wildman–Crippen MR) is 105 cm³/mol. The molecule has 0 aliphatic carbocycles. The van der Waals surface area contributed by atoms with Gasteiger partial charge in [-0.15, -0.1) is 11.3 Å². The summed E-state index contributed by atoms with van der Waals surface area (Å²) in [5.41, 5.74) is 3.60. The molecule has 4 nitrogen and oxygen atoms in total. The van der Waals surface area contributed by atoms with Crippen LogP contribution in [0.1, 0.15) is 23.4 Å². The molecule has 2 aromatic heterocycles. The fourth-order valence-electron chi connectivity index (χ4n) is 4.29. The van der Waals surface area contributed by atoms with Crippen molar-refractivity contribution in [2.24, 2.45) is 0 Å². The molecule has 1 spiro atoms. The molecule has 4 heterocycles. The lowest BCUT2D eigenvalue weighted by molar-refractivity contribution is -0.131. The van der Waals surface area contributed by atoms with E-state index in [4.69, 9.17) is 0 Å². The van der Waals surface area contributed by atoms with Gasteiger partial charge in [0.25, 0.3) is 0 Å². The summed E-state index contributed by atoms with van der Waals surface area (Å²) in [5.74, 6) is 0.244. The summed E-state index contributed by atoms with van der Waals surface area (Å²) < 4.78 is 2.30. The molecule has 5 heteroatoms. The van der Waals surface area contributed by atoms with Gasteiger partial charge >= 0.3 is 0 Å². The Labute approximate surface area is 157 Å². The highest BCUT2D eigenvalue weighted by Gasteiger charge is 2.42. The minimum Gasteiger partial charge on any atom is -0.372 e. The molecule has 1 saturated heterocycles. The van der Waals surface area contributed by atoms with Crippen LogP contribution in [0.4, 0.5) is 5.69 Å². The minimum absolute atomic E-state index is 0.0857. The van der Waals surface area contributed by atoms with Gasteiger partial charge < -0.3 is 14.8 Å². The van der Waals surface area contributed by atoms with E-state index in [1.165, 1.54) is 17.1 Å². The average Bonchev–Trinajstić information content (AvgIpc) is 3.35. The Morgan fingerprint density at radius 3 is 2.73 bits per heavy atom. The molecule has 2 aliphatic rings. The fraction of sp³-hybridized carbons (Fsp3) is 0.286. The van der Waals surface area contributed by atoms with Crippen molar-refractivity contribution in [2.45, 2.75) is 24.8 Å². The third-order valence-corrected chi connectivity index (χ3v) is 6.53. The van der Waals surface area contributed by atoms with E-state index >= 15 is 0 Å². The number of carbonyl (C=O) groups is 1. The lowest BCUT2D eigenvalue weighted by Gasteiger charge is -2.46. The zero-order valence-electron chi connectivity index (χ0n) is 14.5. The van der Waals surface area contributed by atoms with E-state index in [9.17, 15) is 4.79 Å². The first-order valence-electron chi connectivity index (χ1n) is 9.11. The van der Waals surface area contributed by atoms with Gasteiger partial charge in [-0.2, -0.15) is 0 Å². The number of carbonyl (C=O) groups excluding carboxylic acids is 1. The molecule has 0 atom stereocenters. The molecule has 0 unspecified atom stereocenters. The molecule has 1 N–H and O–H groups in total. The third-order valence-electron chi connectivity index (χ3n) is 5.65. The molecule has 1 aromatic carbocycles. The number of rotatable bonds is 2. The lowest BCUT2D eigenvalue weighted by Crippen LogP contribution is -2.51. The number of nitrogens with one attached hydrogen (secondary N) is 1. The van der Waals surface area contributed by atoms with Crippen molar-refractivity contribution < 1.29 is 4.79 Å². The van der Waals surface area contributed by atoms with E-state index in [2.05, 4.69) is 52.5 Å². The quantitative estimate of drug-likeness (QED) is 0.746. The molecule has 2 aliphatic heterocycles. The van der Waals surface area contributed by atoms with Crippen molar-refractivity contribution in [3.63, 3.8) is 0 Å². The van der Waals surface area contributed by atoms with Crippen molar-refractivity contribution in [1.29, 1.82) is 0 Å². The first kappa shape index (κ1) is 15.7. The molecule has 5 rings (SSSR count). The van der Waals surface area contributed by atoms with Gasteiger partial charge in [-0.1, -0.05) is 18.2 Å². The van der Waals surface area contributed by atoms with Crippen molar-refractivity contribution in [1.82, 2.24) is 9.47 Å². The van der Waals surface area contributed by atoms with Crippen LogP contribution in [0.5, 0.6) is 0 Å². The number of aromatic nitrogens is 1. The Morgan fingerprint density at radius 2 is 1.92 bits per heavy atom. The first-order chi connectivity index (χ1) is 12.8. The van der Waals surface area contributed by atoms with Crippen LogP contribution in [-0.4, -0.2) is 28.5 Å². The molecular weight excluding hydrogens is 342 g/mol. The monoisotopic (exact) mass is 363 g/mol. The van der Waals surface area contributed by atoms with E-state index < -0.39 is 0 Å². The number of nitrogens with zero attached hydrogens (tertiary/aromatic N) is 2. The topological polar surface area (TPSA) is 37.3 Å². The number of thiophene rings is 1. The Morgan fingerprint density at radius 1 is 1.08 bits per heavy atom. The van der Waals surface area contributed by atoms with Gasteiger partial charge in [0.1, 0.15) is 0 Å².